The van der Waals surface area contributed by atoms with Crippen LogP contribution in [0, 0.1) is 0 Å². The van der Waals surface area contributed by atoms with Crippen LogP contribution in [0.4, 0.5) is 0 Å². The summed E-state index contributed by atoms with van der Waals surface area (Å²) in [5.74, 6) is -0.0438. The van der Waals surface area contributed by atoms with Gasteiger partial charge in [0, 0.05) is 23.4 Å². The Kier molecular flexibility index (Phi) is 8.12. The average Bonchev–Trinajstić information content (AvgIpc) is 3.12. The lowest BCUT2D eigenvalue weighted by atomic mass is 10.0. The van der Waals surface area contributed by atoms with Gasteiger partial charge in [-0.25, -0.2) is 0 Å². The second-order valence-electron chi connectivity index (χ2n) is 5.69. The molecule has 0 saturated heterocycles. The van der Waals surface area contributed by atoms with E-state index in [0.717, 1.165) is 17.8 Å². The quantitative estimate of drug-likeness (QED) is 0.485. The van der Waals surface area contributed by atoms with Crippen molar-refractivity contribution in [3.05, 3.63) is 58.3 Å². The monoisotopic (exact) mass is 347 g/mol. The molecule has 0 saturated carbocycles. The molecule has 1 heterocycles. The van der Waals surface area contributed by atoms with Gasteiger partial charge in [0.2, 0.25) is 0 Å². The molecule has 4 nitrogen and oxygen atoms in total. The second-order valence-corrected chi connectivity index (χ2v) is 6.73. The van der Waals surface area contributed by atoms with E-state index in [1.54, 1.807) is 23.5 Å². The van der Waals surface area contributed by atoms with E-state index in [2.05, 4.69) is 12.2 Å². The molecule has 2 rings (SSSR count). The van der Waals surface area contributed by atoms with Gasteiger partial charge in [0.05, 0.1) is 12.7 Å². The second kappa shape index (κ2) is 10.4. The van der Waals surface area contributed by atoms with Crippen LogP contribution in [0.5, 0.6) is 0 Å². The molecule has 0 aliphatic carbocycles. The lowest BCUT2D eigenvalue weighted by Crippen LogP contribution is -2.35. The number of Topliss-reactive ketones (excluding diaryl/α,β-unsaturated/α-hetero) is 1. The van der Waals surface area contributed by atoms with E-state index in [9.17, 15) is 9.90 Å². The summed E-state index contributed by atoms with van der Waals surface area (Å²) in [6, 6.07) is 13.1. The largest absolute Gasteiger partial charge is 0.389 e. The summed E-state index contributed by atoms with van der Waals surface area (Å²) >= 11 is 1.61. The molecule has 130 valence electrons. The van der Waals surface area contributed by atoms with Crippen LogP contribution in [0.25, 0.3) is 0 Å². The topological polar surface area (TPSA) is 58.6 Å². The molecule has 1 aromatic carbocycles. The molecule has 0 aliphatic rings. The highest BCUT2D eigenvalue weighted by molar-refractivity contribution is 7.09. The van der Waals surface area contributed by atoms with Gasteiger partial charge >= 0.3 is 0 Å². The maximum absolute atomic E-state index is 12.7. The molecule has 0 aliphatic heterocycles. The van der Waals surface area contributed by atoms with E-state index < -0.39 is 12.2 Å². The number of aliphatic hydroxyl groups is 1. The van der Waals surface area contributed by atoms with Gasteiger partial charge in [-0.1, -0.05) is 43.3 Å². The Labute approximate surface area is 147 Å². The number of nitrogens with one attached hydrogen (secondary N) is 1. The van der Waals surface area contributed by atoms with Gasteiger partial charge in [-0.05, 0) is 24.4 Å². The Hall–Kier alpha value is -1.53. The molecular weight excluding hydrogens is 322 g/mol. The van der Waals surface area contributed by atoms with Crippen LogP contribution in [0.3, 0.4) is 0 Å². The smallest absolute Gasteiger partial charge is 0.191 e. The average molecular weight is 347 g/mol. The van der Waals surface area contributed by atoms with Crippen LogP contribution in [-0.2, 0) is 11.2 Å². The zero-order chi connectivity index (χ0) is 17.2. The van der Waals surface area contributed by atoms with Crippen LogP contribution in [0.1, 0.15) is 28.6 Å². The van der Waals surface area contributed by atoms with Crippen LogP contribution in [-0.4, -0.2) is 42.8 Å². The van der Waals surface area contributed by atoms with Crippen molar-refractivity contribution in [1.82, 2.24) is 5.32 Å². The van der Waals surface area contributed by atoms with E-state index >= 15 is 0 Å². The van der Waals surface area contributed by atoms with E-state index in [4.69, 9.17) is 4.74 Å². The van der Waals surface area contributed by atoms with Crippen LogP contribution >= 0.6 is 11.3 Å². The number of benzene rings is 1. The molecule has 2 unspecified atom stereocenters. The van der Waals surface area contributed by atoms with E-state index in [-0.39, 0.29) is 12.4 Å². The fourth-order valence-electron chi connectivity index (χ4n) is 2.36. The highest BCUT2D eigenvalue weighted by atomic mass is 32.1. The number of rotatable bonds is 11. The number of carbonyl (C=O) groups is 1. The predicted octanol–water partition coefficient (Wildman–Crippen LogP) is 2.92. The Morgan fingerprint density at radius 3 is 2.71 bits per heavy atom. The number of carbonyl (C=O) groups excluding carboxylic acids is 1. The Morgan fingerprint density at radius 1 is 1.25 bits per heavy atom. The van der Waals surface area contributed by atoms with Crippen molar-refractivity contribution < 1.29 is 14.6 Å². The fraction of sp³-hybridized carbons (Fsp3) is 0.421. The van der Waals surface area contributed by atoms with Crippen molar-refractivity contribution in [2.24, 2.45) is 0 Å². The summed E-state index contributed by atoms with van der Waals surface area (Å²) in [4.78, 5) is 13.8. The minimum atomic E-state index is -0.619. The summed E-state index contributed by atoms with van der Waals surface area (Å²) in [5.41, 5.74) is 0.637. The number of ether oxygens (including phenoxy) is 1. The third-order valence-corrected chi connectivity index (χ3v) is 4.51. The van der Waals surface area contributed by atoms with E-state index in [1.165, 1.54) is 0 Å². The molecule has 0 amide bonds. The van der Waals surface area contributed by atoms with Crippen molar-refractivity contribution in [2.75, 3.05) is 19.7 Å². The third kappa shape index (κ3) is 6.17. The van der Waals surface area contributed by atoms with Gasteiger partial charge in [-0.15, -0.1) is 11.3 Å². The van der Waals surface area contributed by atoms with E-state index in [1.807, 2.05) is 35.7 Å². The zero-order valence-electron chi connectivity index (χ0n) is 14.0. The van der Waals surface area contributed by atoms with Gasteiger partial charge in [0.1, 0.15) is 6.10 Å². The Bertz CT molecular complexity index is 586. The van der Waals surface area contributed by atoms with E-state index in [0.29, 0.717) is 18.5 Å². The van der Waals surface area contributed by atoms with Crippen molar-refractivity contribution in [2.45, 2.75) is 32.0 Å². The number of ketones is 1. The van der Waals surface area contributed by atoms with Gasteiger partial charge < -0.3 is 15.2 Å². The van der Waals surface area contributed by atoms with Crippen LogP contribution < -0.4 is 5.32 Å². The predicted molar refractivity (Wildman–Crippen MR) is 97.7 cm³/mol. The van der Waals surface area contributed by atoms with Gasteiger partial charge in [-0.3, -0.25) is 4.79 Å². The number of thiophene rings is 1. The molecule has 5 heteroatoms. The number of hydrogen-bond acceptors (Lipinski definition) is 5. The third-order valence-electron chi connectivity index (χ3n) is 3.61. The Morgan fingerprint density at radius 2 is 2.04 bits per heavy atom. The summed E-state index contributed by atoms with van der Waals surface area (Å²) in [6.45, 7) is 3.55. The highest BCUT2D eigenvalue weighted by Crippen LogP contribution is 2.16. The van der Waals surface area contributed by atoms with Gasteiger partial charge in [0.15, 0.2) is 5.78 Å². The summed E-state index contributed by atoms with van der Waals surface area (Å²) in [6.07, 6.45) is 0.347. The first kappa shape index (κ1) is 18.8. The fourth-order valence-corrected chi connectivity index (χ4v) is 3.10. The van der Waals surface area contributed by atoms with Gasteiger partial charge in [-0.2, -0.15) is 0 Å². The first-order chi connectivity index (χ1) is 11.7. The first-order valence-corrected chi connectivity index (χ1v) is 9.20. The lowest BCUT2D eigenvalue weighted by molar-refractivity contribution is -0.00138. The number of aliphatic hydroxyl groups excluding tert-OH is 1. The standard InChI is InChI=1S/C19H25NO3S/c1-2-10-20-13-16(21)14-23-18(12-17-9-6-11-24-17)19(22)15-7-4-3-5-8-15/h3-9,11,16,18,20-21H,2,10,12-14H2,1H3. The SMILES string of the molecule is CCCNCC(O)COC(Cc1cccs1)C(=O)c1ccccc1. The molecular formula is C19H25NO3S. The molecule has 24 heavy (non-hydrogen) atoms. The van der Waals surface area contributed by atoms with Crippen LogP contribution in [0.2, 0.25) is 0 Å². The van der Waals surface area contributed by atoms with Gasteiger partial charge in [0.25, 0.3) is 0 Å². The molecule has 2 N–H and O–H groups in total. The molecule has 0 spiro atoms. The zero-order valence-corrected chi connectivity index (χ0v) is 14.8. The summed E-state index contributed by atoms with van der Waals surface area (Å²) < 4.78 is 5.79. The molecule has 0 bridgehead atoms. The van der Waals surface area contributed by atoms with Crippen LogP contribution in [0.15, 0.2) is 47.8 Å². The van der Waals surface area contributed by atoms with Crippen molar-refractivity contribution in [3.8, 4) is 0 Å². The minimum Gasteiger partial charge on any atom is -0.389 e. The normalized spacial score (nSPS) is 13.6. The molecule has 2 aromatic rings. The number of hydrogen-bond donors (Lipinski definition) is 2. The lowest BCUT2D eigenvalue weighted by Gasteiger charge is -2.19. The van der Waals surface area contributed by atoms with Crippen molar-refractivity contribution in [3.63, 3.8) is 0 Å². The van der Waals surface area contributed by atoms with Crippen molar-refractivity contribution in [1.29, 1.82) is 0 Å². The Balaban J connectivity index is 1.96. The molecule has 1 aromatic heterocycles. The maximum atomic E-state index is 12.7. The maximum Gasteiger partial charge on any atom is 0.191 e. The molecule has 2 atom stereocenters. The first-order valence-electron chi connectivity index (χ1n) is 8.32. The van der Waals surface area contributed by atoms with Crippen molar-refractivity contribution >= 4 is 17.1 Å². The molecule has 0 fully saturated rings. The highest BCUT2D eigenvalue weighted by Gasteiger charge is 2.22. The molecule has 0 radical (unpaired) electrons. The summed E-state index contributed by atoms with van der Waals surface area (Å²) in [7, 11) is 0. The summed E-state index contributed by atoms with van der Waals surface area (Å²) in [5, 5.41) is 15.1. The minimum absolute atomic E-state index is 0.0438.